The molecule has 0 spiro atoms. The Morgan fingerprint density at radius 1 is 1.47 bits per heavy atom. The number of carbonyl (C=O) groups is 2. The molecule has 10 heteroatoms. The van der Waals surface area contributed by atoms with E-state index in [1.807, 2.05) is 6.92 Å². The largest absolute Gasteiger partial charge is 0.382 e. The Kier molecular flexibility index (Phi) is 6.86. The second-order valence-electron chi connectivity index (χ2n) is 8.07. The molecule has 0 saturated carbocycles. The van der Waals surface area contributed by atoms with E-state index in [4.69, 9.17) is 16.3 Å². The molecule has 0 aliphatic carbocycles. The molecule has 2 fully saturated rings. The predicted octanol–water partition coefficient (Wildman–Crippen LogP) is 0.923. The second kappa shape index (κ2) is 9.05. The average molecular weight is 443 g/mol. The van der Waals surface area contributed by atoms with Gasteiger partial charge in [0.05, 0.1) is 11.6 Å². The number of aliphatic hydroxyl groups excluding tert-OH is 1. The van der Waals surface area contributed by atoms with Crippen LogP contribution in [0.5, 0.6) is 0 Å². The monoisotopic (exact) mass is 442 g/mol. The fraction of sp³-hybridized carbons (Fsp3) is 0.600. The Hall–Kier alpha value is -1.94. The first-order valence-corrected chi connectivity index (χ1v) is 10.3. The maximum Gasteiger partial charge on any atom is 0.245 e. The number of hydrogen-bond donors (Lipinski definition) is 3. The summed E-state index contributed by atoms with van der Waals surface area (Å²) in [6, 6.07) is 4.63. The van der Waals surface area contributed by atoms with Crippen LogP contribution in [0.4, 0.5) is 10.1 Å². The highest BCUT2D eigenvalue weighted by Gasteiger charge is 2.48. The van der Waals surface area contributed by atoms with E-state index < -0.39 is 23.6 Å². The number of carbonyl (C=O) groups excluding carboxylic acids is 2. The number of hydrogen-bond acceptors (Lipinski definition) is 6. The van der Waals surface area contributed by atoms with E-state index in [0.717, 1.165) is 5.69 Å². The van der Waals surface area contributed by atoms with Crippen LogP contribution >= 0.6 is 11.6 Å². The van der Waals surface area contributed by atoms with Crippen molar-refractivity contribution in [2.24, 2.45) is 5.92 Å². The lowest BCUT2D eigenvalue weighted by molar-refractivity contribution is -0.137. The van der Waals surface area contributed by atoms with Gasteiger partial charge in [-0.1, -0.05) is 18.5 Å². The molecular formula is C20H28ClFN4O4. The summed E-state index contributed by atoms with van der Waals surface area (Å²) in [5.41, 5.74) is -0.337. The molecule has 4 atom stereocenters. The van der Waals surface area contributed by atoms with Crippen molar-refractivity contribution >= 4 is 29.1 Å². The van der Waals surface area contributed by atoms with Gasteiger partial charge in [0.15, 0.2) is 6.35 Å². The first-order valence-electron chi connectivity index (χ1n) is 9.93. The number of nitrogens with zero attached hydrogens (tertiary/aromatic N) is 2. The Labute approximate surface area is 180 Å². The smallest absolute Gasteiger partial charge is 0.245 e. The van der Waals surface area contributed by atoms with Gasteiger partial charge in [0.25, 0.3) is 0 Å². The summed E-state index contributed by atoms with van der Waals surface area (Å²) in [7, 11) is 1.47. The molecule has 2 aliphatic heterocycles. The van der Waals surface area contributed by atoms with E-state index >= 15 is 0 Å². The van der Waals surface area contributed by atoms with Crippen molar-refractivity contribution in [1.29, 1.82) is 0 Å². The summed E-state index contributed by atoms with van der Waals surface area (Å²) in [6.45, 7) is 5.40. The Balaban J connectivity index is 1.65. The number of amides is 2. The standard InChI is InChI=1S/C20H28ClFN4O4/c1-12(9-20(11-30-3)18(28)23-19(29)24-20)17(27)25-6-7-26(13(2)10-25)14-4-5-16(22)15(21)8-14/h4-5,8,12-13,19,24,29H,6-7,9-11H2,1-3H3,(H,23,28)/t12-,13-,19?,20-/m0/s1. The number of aliphatic hydroxyl groups is 1. The number of methoxy groups -OCH3 is 1. The van der Waals surface area contributed by atoms with Gasteiger partial charge in [-0.15, -0.1) is 0 Å². The number of anilines is 1. The van der Waals surface area contributed by atoms with Crippen LogP contribution in [-0.4, -0.2) is 73.1 Å². The van der Waals surface area contributed by atoms with Crippen LogP contribution in [0.25, 0.3) is 0 Å². The highest BCUT2D eigenvalue weighted by molar-refractivity contribution is 6.31. The topological polar surface area (TPSA) is 94.1 Å². The number of nitrogens with one attached hydrogen (secondary N) is 2. The normalized spacial score (nSPS) is 27.9. The van der Waals surface area contributed by atoms with Crippen molar-refractivity contribution in [3.8, 4) is 0 Å². The van der Waals surface area contributed by atoms with E-state index in [0.29, 0.717) is 19.6 Å². The van der Waals surface area contributed by atoms with Crippen LogP contribution < -0.4 is 15.5 Å². The Bertz CT molecular complexity index is 813. The highest BCUT2D eigenvalue weighted by Crippen LogP contribution is 2.28. The molecule has 8 nitrogen and oxygen atoms in total. The Morgan fingerprint density at radius 2 is 2.20 bits per heavy atom. The first kappa shape index (κ1) is 22.7. The minimum absolute atomic E-state index is 0.0130. The van der Waals surface area contributed by atoms with Gasteiger partial charge in [-0.2, -0.15) is 0 Å². The van der Waals surface area contributed by atoms with E-state index in [9.17, 15) is 19.1 Å². The maximum atomic E-state index is 13.5. The third-order valence-electron chi connectivity index (χ3n) is 5.76. The SMILES string of the molecule is COC[C@]1(C[C@H](C)C(=O)N2CCN(c3ccc(F)c(Cl)c3)[C@@H](C)C2)NC(O)NC1=O. The van der Waals surface area contributed by atoms with Crippen LogP contribution in [0.3, 0.4) is 0 Å². The quantitative estimate of drug-likeness (QED) is 0.606. The maximum absolute atomic E-state index is 13.5. The molecule has 2 amide bonds. The molecule has 1 aromatic carbocycles. The Morgan fingerprint density at radius 3 is 2.77 bits per heavy atom. The molecule has 166 valence electrons. The van der Waals surface area contributed by atoms with Gasteiger partial charge < -0.3 is 25.0 Å². The van der Waals surface area contributed by atoms with Crippen LogP contribution in [0.1, 0.15) is 20.3 Å². The number of rotatable bonds is 6. The van der Waals surface area contributed by atoms with E-state index in [-0.39, 0.29) is 35.9 Å². The van der Waals surface area contributed by atoms with Crippen LogP contribution in [0.15, 0.2) is 18.2 Å². The second-order valence-corrected chi connectivity index (χ2v) is 8.47. The summed E-state index contributed by atoms with van der Waals surface area (Å²) >= 11 is 5.91. The summed E-state index contributed by atoms with van der Waals surface area (Å²) in [6.07, 6.45) is -0.967. The molecule has 0 aromatic heterocycles. The van der Waals surface area contributed by atoms with Crippen LogP contribution in [-0.2, 0) is 14.3 Å². The van der Waals surface area contributed by atoms with Crippen LogP contribution in [0.2, 0.25) is 5.02 Å². The molecule has 2 aliphatic rings. The minimum atomic E-state index is -1.17. The lowest BCUT2D eigenvalue weighted by atomic mass is 9.87. The lowest BCUT2D eigenvalue weighted by Gasteiger charge is -2.42. The van der Waals surface area contributed by atoms with Gasteiger partial charge in [0.1, 0.15) is 11.4 Å². The number of halogens is 2. The predicted molar refractivity (Wildman–Crippen MR) is 110 cm³/mol. The third kappa shape index (κ3) is 4.54. The molecule has 3 N–H and O–H groups in total. The fourth-order valence-electron chi connectivity index (χ4n) is 4.32. The van der Waals surface area contributed by atoms with Gasteiger partial charge in [0.2, 0.25) is 11.8 Å². The van der Waals surface area contributed by atoms with Crippen molar-refractivity contribution in [3.63, 3.8) is 0 Å². The van der Waals surface area contributed by atoms with E-state index in [1.165, 1.54) is 13.2 Å². The molecule has 0 bridgehead atoms. The lowest BCUT2D eigenvalue weighted by Crippen LogP contribution is -2.57. The molecule has 2 saturated heterocycles. The first-order chi connectivity index (χ1) is 14.2. The van der Waals surface area contributed by atoms with E-state index in [1.54, 1.807) is 24.0 Å². The number of benzene rings is 1. The van der Waals surface area contributed by atoms with Crippen LogP contribution in [0, 0.1) is 11.7 Å². The van der Waals surface area contributed by atoms with Gasteiger partial charge in [-0.05, 0) is 31.5 Å². The van der Waals surface area contributed by atoms with Gasteiger partial charge in [-0.3, -0.25) is 14.9 Å². The minimum Gasteiger partial charge on any atom is -0.382 e. The zero-order valence-electron chi connectivity index (χ0n) is 17.3. The summed E-state index contributed by atoms with van der Waals surface area (Å²) < 4.78 is 18.6. The molecule has 0 radical (unpaired) electrons. The fourth-order valence-corrected chi connectivity index (χ4v) is 4.49. The van der Waals surface area contributed by atoms with Gasteiger partial charge >= 0.3 is 0 Å². The van der Waals surface area contributed by atoms with Crippen molar-refractivity contribution in [1.82, 2.24) is 15.5 Å². The highest BCUT2D eigenvalue weighted by atomic mass is 35.5. The number of piperazine rings is 1. The molecule has 2 heterocycles. The summed E-state index contributed by atoms with van der Waals surface area (Å²) in [5, 5.41) is 15.0. The zero-order chi connectivity index (χ0) is 22.1. The van der Waals surface area contributed by atoms with Crippen molar-refractivity contribution in [2.75, 3.05) is 38.3 Å². The summed E-state index contributed by atoms with van der Waals surface area (Å²) in [4.78, 5) is 29.3. The van der Waals surface area contributed by atoms with Crippen molar-refractivity contribution in [2.45, 2.75) is 38.2 Å². The molecule has 30 heavy (non-hydrogen) atoms. The third-order valence-corrected chi connectivity index (χ3v) is 6.05. The molecule has 1 aromatic rings. The zero-order valence-corrected chi connectivity index (χ0v) is 18.1. The molecule has 1 unspecified atom stereocenters. The van der Waals surface area contributed by atoms with Gasteiger partial charge in [-0.25, -0.2) is 4.39 Å². The van der Waals surface area contributed by atoms with Gasteiger partial charge in [0, 0.05) is 44.4 Å². The van der Waals surface area contributed by atoms with E-state index in [2.05, 4.69) is 15.5 Å². The average Bonchev–Trinajstić information content (AvgIpc) is 2.96. The summed E-state index contributed by atoms with van der Waals surface area (Å²) in [5.74, 6) is -1.37. The van der Waals surface area contributed by atoms with Crippen molar-refractivity contribution < 1.29 is 23.8 Å². The number of ether oxygens (including phenoxy) is 1. The molecular weight excluding hydrogens is 415 g/mol. The van der Waals surface area contributed by atoms with Crippen molar-refractivity contribution in [3.05, 3.63) is 29.0 Å². The molecule has 3 rings (SSSR count).